The minimum absolute atomic E-state index is 0.137. The Bertz CT molecular complexity index is 856. The van der Waals surface area contributed by atoms with Crippen molar-refractivity contribution in [3.8, 4) is 0 Å². The first-order valence-electron chi connectivity index (χ1n) is 10.2. The molecule has 3 unspecified atom stereocenters. The summed E-state index contributed by atoms with van der Waals surface area (Å²) in [4.78, 5) is 28.6. The maximum Gasteiger partial charge on any atom is 0.102 e. The molecule has 0 amide bonds. The van der Waals surface area contributed by atoms with Crippen molar-refractivity contribution in [2.45, 2.75) is 39.3 Å². The van der Waals surface area contributed by atoms with E-state index in [1.807, 2.05) is 55.0 Å². The van der Waals surface area contributed by atoms with Crippen molar-refractivity contribution in [3.05, 3.63) is 90.3 Å². The Kier molecular flexibility index (Phi) is 8.25. The van der Waals surface area contributed by atoms with Crippen molar-refractivity contribution in [1.82, 2.24) is 19.9 Å². The van der Waals surface area contributed by atoms with E-state index in [0.29, 0.717) is 0 Å². The number of pyridine rings is 3. The average molecular weight is 414 g/mol. The van der Waals surface area contributed by atoms with Crippen LogP contribution >= 0.6 is 0 Å². The second-order valence-electron chi connectivity index (χ2n) is 7.02. The van der Waals surface area contributed by atoms with Gasteiger partial charge >= 0.3 is 0 Å². The third kappa shape index (κ3) is 7.01. The molecule has 0 saturated heterocycles. The van der Waals surface area contributed by atoms with Crippen molar-refractivity contribution in [2.75, 3.05) is 0 Å². The summed E-state index contributed by atoms with van der Waals surface area (Å²) in [5, 5.41) is 0. The normalized spacial score (nSPS) is 15.1. The second kappa shape index (κ2) is 11.6. The molecule has 3 aromatic rings. The molecule has 0 N–H and O–H groups in total. The summed E-state index contributed by atoms with van der Waals surface area (Å²) in [6.07, 6.45) is 15.7. The molecule has 3 heterocycles. The zero-order valence-electron chi connectivity index (χ0n) is 18.0. The molecule has 7 heteroatoms. The highest BCUT2D eigenvalue weighted by atomic mass is 15.4. The topological polar surface area (TPSA) is 79.0 Å². The first-order chi connectivity index (χ1) is 15.1. The Labute approximate surface area is 183 Å². The van der Waals surface area contributed by atoms with Crippen LogP contribution in [0.1, 0.15) is 37.5 Å². The van der Waals surface area contributed by atoms with Gasteiger partial charge in [0.25, 0.3) is 0 Å². The van der Waals surface area contributed by atoms with Crippen molar-refractivity contribution in [2.24, 2.45) is 15.0 Å². The Morgan fingerprint density at radius 2 is 0.806 bits per heavy atom. The summed E-state index contributed by atoms with van der Waals surface area (Å²) in [7, 11) is 0. The van der Waals surface area contributed by atoms with Crippen LogP contribution in [0, 0.1) is 0 Å². The first kappa shape index (κ1) is 22.1. The number of nitrogens with zero attached hydrogens (tertiary/aromatic N) is 7. The Balaban J connectivity index is 1.80. The molecule has 0 fully saturated rings. The second-order valence-corrected chi connectivity index (χ2v) is 7.02. The quantitative estimate of drug-likeness (QED) is 0.499. The number of aromatic nitrogens is 3. The number of hydrogen-bond donors (Lipinski definition) is 0. The van der Waals surface area contributed by atoms with Gasteiger partial charge in [-0.05, 0) is 73.9 Å². The summed E-state index contributed by atoms with van der Waals surface area (Å²) in [6, 6.07) is 11.6. The standard InChI is InChI=1S/C24H27N7/c1-19(28-16-22-4-10-25-11-5-22)31(20(2)29-17-23-6-12-26-13-7-23)21(3)30-18-24-8-14-27-15-9-24/h4-21H,1-3H3/b28-16+,29-17+,30-18+. The lowest BCUT2D eigenvalue weighted by Gasteiger charge is -2.33. The van der Waals surface area contributed by atoms with Gasteiger partial charge in [0.1, 0.15) is 18.5 Å². The monoisotopic (exact) mass is 413 g/mol. The third-order valence-corrected chi connectivity index (χ3v) is 4.73. The maximum atomic E-state index is 4.75. The lowest BCUT2D eigenvalue weighted by Crippen LogP contribution is -2.44. The molecule has 3 rings (SSSR count). The van der Waals surface area contributed by atoms with Crippen LogP contribution in [0.4, 0.5) is 0 Å². The van der Waals surface area contributed by atoms with E-state index < -0.39 is 0 Å². The lowest BCUT2D eigenvalue weighted by molar-refractivity contribution is 0.118. The van der Waals surface area contributed by atoms with Crippen LogP contribution in [0.15, 0.2) is 88.6 Å². The SMILES string of the molecule is CC(/N=C/c1ccncc1)N(C(C)/N=C/c1ccncc1)C(C)/N=C/c1ccncc1. The van der Waals surface area contributed by atoms with Crippen LogP contribution in [0.2, 0.25) is 0 Å². The van der Waals surface area contributed by atoms with Crippen LogP contribution in [0.3, 0.4) is 0 Å². The highest BCUT2D eigenvalue weighted by molar-refractivity contribution is 5.80. The van der Waals surface area contributed by atoms with E-state index in [4.69, 9.17) is 15.0 Å². The zero-order valence-corrected chi connectivity index (χ0v) is 18.0. The summed E-state index contributed by atoms with van der Waals surface area (Å²) in [5.41, 5.74) is 3.01. The Morgan fingerprint density at radius 3 is 1.06 bits per heavy atom. The van der Waals surface area contributed by atoms with Crippen molar-refractivity contribution in [1.29, 1.82) is 0 Å². The smallest absolute Gasteiger partial charge is 0.102 e. The summed E-state index contributed by atoms with van der Waals surface area (Å²) in [5.74, 6) is 0. The van der Waals surface area contributed by atoms with Gasteiger partial charge in [0, 0.05) is 55.8 Å². The first-order valence-corrected chi connectivity index (χ1v) is 10.2. The molecular formula is C24H27N7. The van der Waals surface area contributed by atoms with Crippen LogP contribution in [0.25, 0.3) is 0 Å². The van der Waals surface area contributed by atoms with Crippen LogP contribution < -0.4 is 0 Å². The van der Waals surface area contributed by atoms with Crippen LogP contribution in [0.5, 0.6) is 0 Å². The van der Waals surface area contributed by atoms with Gasteiger partial charge in [-0.15, -0.1) is 0 Å². The van der Waals surface area contributed by atoms with Gasteiger partial charge in [0.15, 0.2) is 0 Å². The van der Waals surface area contributed by atoms with E-state index in [-0.39, 0.29) is 18.5 Å². The zero-order chi connectivity index (χ0) is 21.9. The molecule has 31 heavy (non-hydrogen) atoms. The molecule has 0 aliphatic heterocycles. The molecule has 158 valence electrons. The molecule has 0 saturated carbocycles. The molecule has 3 atom stereocenters. The van der Waals surface area contributed by atoms with E-state index in [1.165, 1.54) is 0 Å². The summed E-state index contributed by atoms with van der Waals surface area (Å²) >= 11 is 0. The molecule has 7 nitrogen and oxygen atoms in total. The fourth-order valence-electron chi connectivity index (χ4n) is 3.10. The summed E-state index contributed by atoms with van der Waals surface area (Å²) < 4.78 is 0. The highest BCUT2D eigenvalue weighted by Gasteiger charge is 2.23. The minimum Gasteiger partial charge on any atom is -0.274 e. The van der Waals surface area contributed by atoms with Crippen molar-refractivity contribution in [3.63, 3.8) is 0 Å². The van der Waals surface area contributed by atoms with E-state index in [0.717, 1.165) is 16.7 Å². The third-order valence-electron chi connectivity index (χ3n) is 4.73. The number of hydrogen-bond acceptors (Lipinski definition) is 7. The van der Waals surface area contributed by atoms with Gasteiger partial charge < -0.3 is 0 Å². The van der Waals surface area contributed by atoms with Crippen molar-refractivity contribution >= 4 is 18.6 Å². The van der Waals surface area contributed by atoms with Gasteiger partial charge in [-0.1, -0.05) is 0 Å². The average Bonchev–Trinajstić information content (AvgIpc) is 2.82. The van der Waals surface area contributed by atoms with Gasteiger partial charge in [-0.25, -0.2) is 4.90 Å². The molecule has 0 aromatic carbocycles. The minimum atomic E-state index is -0.137. The van der Waals surface area contributed by atoms with Gasteiger partial charge in [-0.2, -0.15) is 0 Å². The van der Waals surface area contributed by atoms with Gasteiger partial charge in [0.05, 0.1) is 0 Å². The largest absolute Gasteiger partial charge is 0.274 e. The molecular weight excluding hydrogens is 386 g/mol. The molecule has 0 spiro atoms. The molecule has 0 aliphatic rings. The lowest BCUT2D eigenvalue weighted by atomic mass is 10.2. The van der Waals surface area contributed by atoms with Gasteiger partial charge in [0.2, 0.25) is 0 Å². The van der Waals surface area contributed by atoms with E-state index >= 15 is 0 Å². The highest BCUT2D eigenvalue weighted by Crippen LogP contribution is 2.15. The number of aliphatic imine (C=N–C) groups is 3. The molecule has 0 bridgehead atoms. The van der Waals surface area contributed by atoms with Crippen LogP contribution in [-0.2, 0) is 0 Å². The van der Waals surface area contributed by atoms with Gasteiger partial charge in [-0.3, -0.25) is 29.9 Å². The molecule has 0 radical (unpaired) electrons. The Hall–Kier alpha value is -3.58. The fraction of sp³-hybridized carbons (Fsp3) is 0.250. The van der Waals surface area contributed by atoms with Crippen molar-refractivity contribution < 1.29 is 0 Å². The van der Waals surface area contributed by atoms with E-state index in [2.05, 4.69) is 40.6 Å². The Morgan fingerprint density at radius 1 is 0.548 bits per heavy atom. The van der Waals surface area contributed by atoms with E-state index in [1.54, 1.807) is 37.2 Å². The predicted molar refractivity (Wildman–Crippen MR) is 126 cm³/mol. The van der Waals surface area contributed by atoms with E-state index in [9.17, 15) is 0 Å². The number of rotatable bonds is 9. The molecule has 0 aliphatic carbocycles. The maximum absolute atomic E-state index is 4.75. The summed E-state index contributed by atoms with van der Waals surface area (Å²) in [6.45, 7) is 6.15. The predicted octanol–water partition coefficient (Wildman–Crippen LogP) is 3.87. The molecule has 3 aromatic heterocycles. The fourth-order valence-corrected chi connectivity index (χ4v) is 3.10. The van der Waals surface area contributed by atoms with Crippen LogP contribution in [-0.4, -0.2) is 57.0 Å².